The van der Waals surface area contributed by atoms with Crippen LogP contribution in [0.3, 0.4) is 0 Å². The number of nitrogens with zero attached hydrogens (tertiary/aromatic N) is 4. The molecule has 0 amide bonds. The summed E-state index contributed by atoms with van der Waals surface area (Å²) < 4.78 is 7.35. The molecule has 0 radical (unpaired) electrons. The Labute approximate surface area is 165 Å². The van der Waals surface area contributed by atoms with Gasteiger partial charge in [-0.2, -0.15) is 5.10 Å². The second kappa shape index (κ2) is 7.25. The van der Waals surface area contributed by atoms with E-state index in [-0.39, 0.29) is 13.2 Å². The van der Waals surface area contributed by atoms with Crippen molar-refractivity contribution in [3.63, 3.8) is 0 Å². The Morgan fingerprint density at radius 2 is 2.03 bits per heavy atom. The summed E-state index contributed by atoms with van der Waals surface area (Å²) in [6, 6.07) is 13.6. The van der Waals surface area contributed by atoms with E-state index >= 15 is 0 Å². The fourth-order valence-electron chi connectivity index (χ4n) is 3.19. The van der Waals surface area contributed by atoms with Gasteiger partial charge in [0.2, 0.25) is 0 Å². The number of nitrogens with one attached hydrogen (secondary N) is 2. The molecule has 0 aliphatic heterocycles. The molecule has 0 aliphatic rings. The van der Waals surface area contributed by atoms with Crippen molar-refractivity contribution >= 4 is 28.1 Å². The normalized spacial score (nSPS) is 11.2. The zero-order valence-electron chi connectivity index (χ0n) is 15.4. The number of fused-ring (bicyclic) bond motifs is 2. The highest BCUT2D eigenvalue weighted by molar-refractivity contribution is 5.83. The lowest BCUT2D eigenvalue weighted by Gasteiger charge is -2.11. The van der Waals surface area contributed by atoms with Gasteiger partial charge < -0.3 is 19.6 Å². The topological polar surface area (TPSA) is 100 Å². The summed E-state index contributed by atoms with van der Waals surface area (Å²) in [5.74, 6) is 1.35. The summed E-state index contributed by atoms with van der Waals surface area (Å²) in [6.45, 7) is 0.255. The SMILES string of the molecule is OCCOc1ccc(Nc2nc(-c3ccc4cn[nH]c4c3)cn3ccnc23)cc1. The first-order valence-corrected chi connectivity index (χ1v) is 9.18. The number of anilines is 2. The van der Waals surface area contributed by atoms with Crippen molar-refractivity contribution in [1.29, 1.82) is 0 Å². The van der Waals surface area contributed by atoms with Gasteiger partial charge in [0.05, 0.1) is 24.0 Å². The average Bonchev–Trinajstić information content (AvgIpc) is 3.42. The molecule has 2 aromatic carbocycles. The summed E-state index contributed by atoms with van der Waals surface area (Å²) in [7, 11) is 0. The molecule has 3 aromatic heterocycles. The molecular formula is C21H18N6O2. The Bertz CT molecular complexity index is 1280. The molecule has 0 atom stereocenters. The first-order valence-electron chi connectivity index (χ1n) is 9.18. The van der Waals surface area contributed by atoms with Gasteiger partial charge in [0.25, 0.3) is 0 Å². The van der Waals surface area contributed by atoms with Gasteiger partial charge in [0, 0.05) is 35.2 Å². The smallest absolute Gasteiger partial charge is 0.180 e. The molecular weight excluding hydrogens is 368 g/mol. The molecule has 0 spiro atoms. The molecule has 5 aromatic rings. The highest BCUT2D eigenvalue weighted by Gasteiger charge is 2.11. The fraction of sp³-hybridized carbons (Fsp3) is 0.0952. The summed E-state index contributed by atoms with van der Waals surface area (Å²) in [6.07, 6.45) is 7.39. The second-order valence-electron chi connectivity index (χ2n) is 6.53. The number of aromatic amines is 1. The Morgan fingerprint density at radius 3 is 2.90 bits per heavy atom. The minimum Gasteiger partial charge on any atom is -0.491 e. The lowest BCUT2D eigenvalue weighted by atomic mass is 10.1. The van der Waals surface area contributed by atoms with Gasteiger partial charge in [-0.1, -0.05) is 12.1 Å². The molecule has 0 saturated heterocycles. The van der Waals surface area contributed by atoms with E-state index in [0.717, 1.165) is 33.5 Å². The summed E-state index contributed by atoms with van der Waals surface area (Å²) >= 11 is 0. The molecule has 0 aliphatic carbocycles. The number of aliphatic hydroxyl groups is 1. The van der Waals surface area contributed by atoms with Crippen LogP contribution in [0.4, 0.5) is 11.5 Å². The van der Waals surface area contributed by atoms with Crippen LogP contribution in [0.1, 0.15) is 0 Å². The number of aromatic nitrogens is 5. The zero-order chi connectivity index (χ0) is 19.6. The van der Waals surface area contributed by atoms with Crippen LogP contribution in [-0.4, -0.2) is 42.9 Å². The van der Waals surface area contributed by atoms with E-state index in [1.54, 1.807) is 12.4 Å². The van der Waals surface area contributed by atoms with E-state index in [4.69, 9.17) is 14.8 Å². The van der Waals surface area contributed by atoms with Gasteiger partial charge in [-0.3, -0.25) is 5.10 Å². The van der Waals surface area contributed by atoms with Crippen molar-refractivity contribution in [2.45, 2.75) is 0 Å². The highest BCUT2D eigenvalue weighted by atomic mass is 16.5. The minimum absolute atomic E-state index is 0.0150. The zero-order valence-corrected chi connectivity index (χ0v) is 15.4. The molecule has 0 fully saturated rings. The third kappa shape index (κ3) is 3.37. The lowest BCUT2D eigenvalue weighted by molar-refractivity contribution is 0.201. The molecule has 0 bridgehead atoms. The Balaban J connectivity index is 1.50. The molecule has 3 heterocycles. The maximum atomic E-state index is 8.86. The largest absolute Gasteiger partial charge is 0.491 e. The van der Waals surface area contributed by atoms with E-state index in [2.05, 4.69) is 20.5 Å². The van der Waals surface area contributed by atoms with E-state index in [9.17, 15) is 0 Å². The third-order valence-electron chi connectivity index (χ3n) is 4.59. The number of ether oxygens (including phenoxy) is 1. The van der Waals surface area contributed by atoms with E-state index in [0.29, 0.717) is 11.6 Å². The number of hydrogen-bond acceptors (Lipinski definition) is 6. The van der Waals surface area contributed by atoms with Crippen molar-refractivity contribution in [3.8, 4) is 17.0 Å². The third-order valence-corrected chi connectivity index (χ3v) is 4.59. The molecule has 3 N–H and O–H groups in total. The molecule has 8 heteroatoms. The monoisotopic (exact) mass is 386 g/mol. The number of H-pyrrole nitrogens is 1. The predicted octanol–water partition coefficient (Wildman–Crippen LogP) is 3.39. The molecule has 29 heavy (non-hydrogen) atoms. The summed E-state index contributed by atoms with van der Waals surface area (Å²) in [5, 5.41) is 20.3. The average molecular weight is 386 g/mol. The second-order valence-corrected chi connectivity index (χ2v) is 6.53. The number of aliphatic hydroxyl groups excluding tert-OH is 1. The van der Waals surface area contributed by atoms with Crippen LogP contribution in [-0.2, 0) is 0 Å². The van der Waals surface area contributed by atoms with Crippen LogP contribution >= 0.6 is 0 Å². The molecule has 0 saturated carbocycles. The van der Waals surface area contributed by atoms with Crippen LogP contribution in [0.15, 0.2) is 67.3 Å². The predicted molar refractivity (Wildman–Crippen MR) is 110 cm³/mol. The van der Waals surface area contributed by atoms with E-state index < -0.39 is 0 Å². The van der Waals surface area contributed by atoms with Crippen molar-refractivity contribution in [1.82, 2.24) is 24.6 Å². The standard InChI is InChI=1S/C21H18N6O2/c28-9-10-29-17-5-3-16(4-6-17)24-20-21-22-7-8-27(21)13-19(25-20)14-1-2-15-12-23-26-18(15)11-14/h1-8,11-13,28H,9-10H2,(H,23,26)(H,24,25). The van der Waals surface area contributed by atoms with Gasteiger partial charge in [0.1, 0.15) is 12.4 Å². The van der Waals surface area contributed by atoms with Crippen LogP contribution in [0, 0.1) is 0 Å². The van der Waals surface area contributed by atoms with E-state index in [1.807, 2.05) is 59.3 Å². The first-order chi connectivity index (χ1) is 14.3. The highest BCUT2D eigenvalue weighted by Crippen LogP contribution is 2.27. The molecule has 8 nitrogen and oxygen atoms in total. The summed E-state index contributed by atoms with van der Waals surface area (Å²) in [4.78, 5) is 9.23. The van der Waals surface area contributed by atoms with Crippen molar-refractivity contribution in [2.75, 3.05) is 18.5 Å². The molecule has 5 rings (SSSR count). The van der Waals surface area contributed by atoms with Crippen LogP contribution in [0.25, 0.3) is 27.8 Å². The number of benzene rings is 2. The molecule has 144 valence electrons. The fourth-order valence-corrected chi connectivity index (χ4v) is 3.19. The van der Waals surface area contributed by atoms with Gasteiger partial charge in [-0.15, -0.1) is 0 Å². The lowest BCUT2D eigenvalue weighted by Crippen LogP contribution is -2.02. The number of hydrogen-bond donors (Lipinski definition) is 3. The van der Waals surface area contributed by atoms with Gasteiger partial charge >= 0.3 is 0 Å². The number of imidazole rings is 1. The number of rotatable bonds is 6. The molecule has 0 unspecified atom stereocenters. The Hall–Kier alpha value is -3.91. The Morgan fingerprint density at radius 1 is 1.14 bits per heavy atom. The van der Waals surface area contributed by atoms with Crippen molar-refractivity contribution < 1.29 is 9.84 Å². The Kier molecular flexibility index (Phi) is 4.30. The van der Waals surface area contributed by atoms with Crippen LogP contribution < -0.4 is 10.1 Å². The van der Waals surface area contributed by atoms with Gasteiger partial charge in [-0.05, 0) is 30.3 Å². The van der Waals surface area contributed by atoms with E-state index in [1.165, 1.54) is 0 Å². The van der Waals surface area contributed by atoms with Gasteiger partial charge in [-0.25, -0.2) is 9.97 Å². The summed E-state index contributed by atoms with van der Waals surface area (Å²) in [5.41, 5.74) is 4.35. The minimum atomic E-state index is -0.0150. The van der Waals surface area contributed by atoms with Crippen LogP contribution in [0.5, 0.6) is 5.75 Å². The first kappa shape index (κ1) is 17.2. The quantitative estimate of drug-likeness (QED) is 0.414. The van der Waals surface area contributed by atoms with Crippen molar-refractivity contribution in [2.24, 2.45) is 0 Å². The van der Waals surface area contributed by atoms with Crippen molar-refractivity contribution in [3.05, 3.63) is 67.3 Å². The van der Waals surface area contributed by atoms with Gasteiger partial charge in [0.15, 0.2) is 11.5 Å². The van der Waals surface area contributed by atoms with Crippen LogP contribution in [0.2, 0.25) is 0 Å². The maximum Gasteiger partial charge on any atom is 0.180 e. The maximum absolute atomic E-state index is 8.86.